The molecule has 0 bridgehead atoms. The van der Waals surface area contributed by atoms with E-state index in [0.29, 0.717) is 10.8 Å². The van der Waals surface area contributed by atoms with E-state index >= 15 is 0 Å². The Bertz CT molecular complexity index is 1040. The van der Waals surface area contributed by atoms with E-state index in [-0.39, 0.29) is 22.0 Å². The Balaban J connectivity index is 1.79. The zero-order chi connectivity index (χ0) is 18.7. The van der Waals surface area contributed by atoms with Crippen molar-refractivity contribution in [3.05, 3.63) is 65.3 Å². The number of sulfone groups is 1. The number of nitrogens with one attached hydrogen (secondary N) is 1. The highest BCUT2D eigenvalue weighted by Crippen LogP contribution is 2.25. The van der Waals surface area contributed by atoms with Crippen molar-refractivity contribution in [3.8, 4) is 11.3 Å². The minimum absolute atomic E-state index is 0.0361. The van der Waals surface area contributed by atoms with E-state index in [1.807, 2.05) is 0 Å². The molecule has 0 aliphatic rings. The number of thiazole rings is 1. The van der Waals surface area contributed by atoms with Gasteiger partial charge in [-0.05, 0) is 42.5 Å². The first kappa shape index (κ1) is 18.2. The molecule has 1 amide bonds. The normalized spacial score (nSPS) is 11.3. The van der Waals surface area contributed by atoms with Crippen LogP contribution in [0, 0.1) is 5.82 Å². The molecule has 5 nitrogen and oxygen atoms in total. The number of nitrogens with zero attached hydrogens (tertiary/aromatic N) is 1. The van der Waals surface area contributed by atoms with Gasteiger partial charge in [0.1, 0.15) is 5.82 Å². The van der Waals surface area contributed by atoms with Crippen molar-refractivity contribution in [2.45, 2.75) is 11.8 Å². The van der Waals surface area contributed by atoms with Gasteiger partial charge in [0.25, 0.3) is 5.91 Å². The van der Waals surface area contributed by atoms with Gasteiger partial charge in [0.05, 0.1) is 16.3 Å². The summed E-state index contributed by atoms with van der Waals surface area (Å²) in [5.74, 6) is -0.816. The third-order valence-corrected chi connectivity index (χ3v) is 6.19. The fourth-order valence-corrected chi connectivity index (χ4v) is 3.89. The molecule has 0 radical (unpaired) electrons. The van der Waals surface area contributed by atoms with Crippen LogP contribution in [0.25, 0.3) is 11.3 Å². The maximum atomic E-state index is 13.0. The average molecular weight is 390 g/mol. The van der Waals surface area contributed by atoms with E-state index in [9.17, 15) is 17.6 Å². The summed E-state index contributed by atoms with van der Waals surface area (Å²) in [6.45, 7) is 1.55. The van der Waals surface area contributed by atoms with Gasteiger partial charge in [-0.25, -0.2) is 17.8 Å². The predicted octanol–water partition coefficient (Wildman–Crippen LogP) is 4.00. The third kappa shape index (κ3) is 3.97. The molecule has 8 heteroatoms. The van der Waals surface area contributed by atoms with Gasteiger partial charge in [0.2, 0.25) is 0 Å². The highest BCUT2D eigenvalue weighted by molar-refractivity contribution is 7.91. The van der Waals surface area contributed by atoms with Gasteiger partial charge in [0.15, 0.2) is 15.0 Å². The molecule has 0 fully saturated rings. The van der Waals surface area contributed by atoms with Crippen LogP contribution in [0.2, 0.25) is 0 Å². The van der Waals surface area contributed by atoms with E-state index in [0.717, 1.165) is 5.56 Å². The van der Waals surface area contributed by atoms with Crippen molar-refractivity contribution in [2.24, 2.45) is 0 Å². The van der Waals surface area contributed by atoms with Gasteiger partial charge >= 0.3 is 0 Å². The molecular weight excluding hydrogens is 375 g/mol. The maximum Gasteiger partial charge on any atom is 0.257 e. The third-order valence-electron chi connectivity index (χ3n) is 3.70. The Labute approximate surface area is 154 Å². The van der Waals surface area contributed by atoms with Crippen molar-refractivity contribution >= 4 is 32.2 Å². The molecule has 3 aromatic rings. The zero-order valence-corrected chi connectivity index (χ0v) is 15.4. The van der Waals surface area contributed by atoms with Crippen molar-refractivity contribution in [2.75, 3.05) is 11.1 Å². The number of amides is 1. The van der Waals surface area contributed by atoms with Crippen LogP contribution in [0.4, 0.5) is 9.52 Å². The fourth-order valence-electron chi connectivity index (χ4n) is 2.25. The molecule has 134 valence electrons. The van der Waals surface area contributed by atoms with Gasteiger partial charge in [-0.2, -0.15) is 0 Å². The molecule has 1 aromatic heterocycles. The summed E-state index contributed by atoms with van der Waals surface area (Å²) >= 11 is 1.23. The summed E-state index contributed by atoms with van der Waals surface area (Å²) in [6, 6.07) is 11.8. The molecule has 0 unspecified atom stereocenters. The summed E-state index contributed by atoms with van der Waals surface area (Å²) in [5.41, 5.74) is 1.59. The highest BCUT2D eigenvalue weighted by Gasteiger charge is 2.15. The minimum atomic E-state index is -3.39. The quantitative estimate of drug-likeness (QED) is 0.715. The Kier molecular flexibility index (Phi) is 5.15. The van der Waals surface area contributed by atoms with Crippen molar-refractivity contribution < 1.29 is 17.6 Å². The van der Waals surface area contributed by atoms with Crippen LogP contribution in [-0.4, -0.2) is 25.1 Å². The molecule has 0 atom stereocenters. The van der Waals surface area contributed by atoms with Crippen LogP contribution in [0.1, 0.15) is 17.3 Å². The fraction of sp³-hybridized carbons (Fsp3) is 0.111. The van der Waals surface area contributed by atoms with E-state index < -0.39 is 15.7 Å². The number of carbonyl (C=O) groups is 1. The Morgan fingerprint density at radius 1 is 1.19 bits per heavy atom. The van der Waals surface area contributed by atoms with Crippen LogP contribution in [0.5, 0.6) is 0 Å². The van der Waals surface area contributed by atoms with E-state index in [1.165, 1.54) is 41.7 Å². The minimum Gasteiger partial charge on any atom is -0.298 e. The Morgan fingerprint density at radius 3 is 2.62 bits per heavy atom. The van der Waals surface area contributed by atoms with Gasteiger partial charge in [-0.1, -0.05) is 13.0 Å². The second-order valence-electron chi connectivity index (χ2n) is 5.43. The van der Waals surface area contributed by atoms with Crippen LogP contribution < -0.4 is 5.32 Å². The lowest BCUT2D eigenvalue weighted by molar-refractivity contribution is 0.102. The van der Waals surface area contributed by atoms with Crippen LogP contribution >= 0.6 is 11.3 Å². The maximum absolute atomic E-state index is 13.0. The second kappa shape index (κ2) is 7.35. The zero-order valence-electron chi connectivity index (χ0n) is 13.8. The first-order chi connectivity index (χ1) is 12.4. The SMILES string of the molecule is CCS(=O)(=O)c1cccc(C(=O)Nc2nc(-c3ccc(F)cc3)cs2)c1. The number of carbonyl (C=O) groups excluding carboxylic acids is 1. The van der Waals surface area contributed by atoms with Crippen molar-refractivity contribution in [3.63, 3.8) is 0 Å². The van der Waals surface area contributed by atoms with Crippen LogP contribution in [0.15, 0.2) is 58.8 Å². The summed E-state index contributed by atoms with van der Waals surface area (Å²) < 4.78 is 36.9. The van der Waals surface area contributed by atoms with Crippen LogP contribution in [0.3, 0.4) is 0 Å². The summed E-state index contributed by atoms with van der Waals surface area (Å²) in [7, 11) is -3.39. The molecule has 26 heavy (non-hydrogen) atoms. The second-order valence-corrected chi connectivity index (χ2v) is 8.57. The molecule has 0 aliphatic heterocycles. The van der Waals surface area contributed by atoms with E-state index in [2.05, 4.69) is 10.3 Å². The van der Waals surface area contributed by atoms with Gasteiger partial charge in [0, 0.05) is 16.5 Å². The number of anilines is 1. The van der Waals surface area contributed by atoms with Crippen LogP contribution in [-0.2, 0) is 9.84 Å². The summed E-state index contributed by atoms with van der Waals surface area (Å²) in [6.07, 6.45) is 0. The Morgan fingerprint density at radius 2 is 1.92 bits per heavy atom. The molecule has 0 saturated heterocycles. The average Bonchev–Trinajstić information content (AvgIpc) is 3.11. The number of hydrogen-bond acceptors (Lipinski definition) is 5. The number of benzene rings is 2. The summed E-state index contributed by atoms with van der Waals surface area (Å²) in [4.78, 5) is 16.8. The predicted molar refractivity (Wildman–Crippen MR) is 99.6 cm³/mol. The number of aromatic nitrogens is 1. The number of halogens is 1. The topological polar surface area (TPSA) is 76.1 Å². The molecule has 2 aromatic carbocycles. The first-order valence-corrected chi connectivity index (χ1v) is 10.3. The smallest absolute Gasteiger partial charge is 0.257 e. The molecule has 0 spiro atoms. The monoisotopic (exact) mass is 390 g/mol. The van der Waals surface area contributed by atoms with Gasteiger partial charge in [-0.15, -0.1) is 11.3 Å². The molecule has 0 aliphatic carbocycles. The lowest BCUT2D eigenvalue weighted by Crippen LogP contribution is -2.13. The van der Waals surface area contributed by atoms with E-state index in [1.54, 1.807) is 30.5 Å². The van der Waals surface area contributed by atoms with Crippen molar-refractivity contribution in [1.29, 1.82) is 0 Å². The summed E-state index contributed by atoms with van der Waals surface area (Å²) in [5, 5.41) is 4.78. The van der Waals surface area contributed by atoms with E-state index in [4.69, 9.17) is 0 Å². The van der Waals surface area contributed by atoms with Crippen molar-refractivity contribution in [1.82, 2.24) is 4.98 Å². The molecule has 3 rings (SSSR count). The molecule has 1 N–H and O–H groups in total. The molecule has 1 heterocycles. The lowest BCUT2D eigenvalue weighted by Gasteiger charge is -2.05. The first-order valence-electron chi connectivity index (χ1n) is 7.74. The van der Waals surface area contributed by atoms with Gasteiger partial charge < -0.3 is 0 Å². The highest BCUT2D eigenvalue weighted by atomic mass is 32.2. The Hall–Kier alpha value is -2.58. The largest absolute Gasteiger partial charge is 0.298 e. The molecular formula is C18H15FN2O3S2. The standard InChI is InChI=1S/C18H15FN2O3S2/c1-2-26(23,24)15-5-3-4-13(10-15)17(22)21-18-20-16(11-25-18)12-6-8-14(19)9-7-12/h3-11H,2H2,1H3,(H,20,21,22). The van der Waals surface area contributed by atoms with Gasteiger partial charge in [-0.3, -0.25) is 10.1 Å². The number of rotatable bonds is 5. The lowest BCUT2D eigenvalue weighted by atomic mass is 10.2. The molecule has 0 saturated carbocycles. The number of hydrogen-bond donors (Lipinski definition) is 1.